The van der Waals surface area contributed by atoms with Crippen molar-refractivity contribution in [3.63, 3.8) is 0 Å². The minimum Gasteiger partial charge on any atom is -0.436 e. The Labute approximate surface area is 90.0 Å². The summed E-state index contributed by atoms with van der Waals surface area (Å²) in [6.07, 6.45) is 1.42. The topological polar surface area (TPSA) is 108 Å². The predicted molar refractivity (Wildman–Crippen MR) is 53.5 cm³/mol. The van der Waals surface area contributed by atoms with Crippen LogP contribution in [0.5, 0.6) is 0 Å². The van der Waals surface area contributed by atoms with Gasteiger partial charge in [0.05, 0.1) is 18.3 Å². The third-order valence-corrected chi connectivity index (χ3v) is 1.93. The van der Waals surface area contributed by atoms with E-state index in [2.05, 4.69) is 4.98 Å². The number of nitrogens with two attached hydrogens (primary N) is 1. The van der Waals surface area contributed by atoms with E-state index in [1.54, 1.807) is 6.92 Å². The van der Waals surface area contributed by atoms with E-state index in [-0.39, 0.29) is 17.7 Å². The number of oxazole rings is 1. The second-order valence-corrected chi connectivity index (χ2v) is 3.25. The van der Waals surface area contributed by atoms with E-state index >= 15 is 0 Å². The average molecular weight is 223 g/mol. The standard InChI is InChI=1S/C9H9N3O4/c1-5(10)9-11-4-7(16-9)6-2-3-8(15-6)12(13)14/h2-5H,10H2,1H3. The molecule has 0 bridgehead atoms. The molecule has 7 heteroatoms. The van der Waals surface area contributed by atoms with Gasteiger partial charge in [0.1, 0.15) is 4.92 Å². The molecule has 0 saturated carbocycles. The Hall–Kier alpha value is -2.15. The highest BCUT2D eigenvalue weighted by Crippen LogP contribution is 2.27. The van der Waals surface area contributed by atoms with Gasteiger partial charge in [-0.1, -0.05) is 0 Å². The summed E-state index contributed by atoms with van der Waals surface area (Å²) < 4.78 is 10.2. The Kier molecular flexibility index (Phi) is 2.45. The zero-order valence-corrected chi connectivity index (χ0v) is 8.41. The maximum Gasteiger partial charge on any atom is 0.433 e. The first-order valence-corrected chi connectivity index (χ1v) is 4.54. The number of hydrogen-bond donors (Lipinski definition) is 1. The summed E-state index contributed by atoms with van der Waals surface area (Å²) in [5, 5.41) is 10.4. The zero-order valence-electron chi connectivity index (χ0n) is 8.41. The lowest BCUT2D eigenvalue weighted by molar-refractivity contribution is -0.401. The van der Waals surface area contributed by atoms with Crippen molar-refractivity contribution in [3.8, 4) is 11.5 Å². The smallest absolute Gasteiger partial charge is 0.433 e. The highest BCUT2D eigenvalue weighted by atomic mass is 16.6. The summed E-state index contributed by atoms with van der Waals surface area (Å²) in [4.78, 5) is 13.7. The van der Waals surface area contributed by atoms with E-state index in [0.29, 0.717) is 11.7 Å². The van der Waals surface area contributed by atoms with Crippen molar-refractivity contribution in [2.45, 2.75) is 13.0 Å². The van der Waals surface area contributed by atoms with Crippen molar-refractivity contribution in [2.24, 2.45) is 5.73 Å². The maximum absolute atomic E-state index is 10.4. The Balaban J connectivity index is 2.31. The largest absolute Gasteiger partial charge is 0.436 e. The Morgan fingerprint density at radius 3 is 2.69 bits per heavy atom. The predicted octanol–water partition coefficient (Wildman–Crippen LogP) is 1.86. The number of aromatic nitrogens is 1. The molecule has 0 saturated heterocycles. The molecule has 1 atom stereocenters. The number of hydrogen-bond acceptors (Lipinski definition) is 6. The highest BCUT2D eigenvalue weighted by Gasteiger charge is 2.17. The van der Waals surface area contributed by atoms with Crippen LogP contribution in [0.25, 0.3) is 11.5 Å². The molecule has 2 rings (SSSR count). The fourth-order valence-electron chi connectivity index (χ4n) is 1.17. The van der Waals surface area contributed by atoms with Gasteiger partial charge in [0, 0.05) is 0 Å². The lowest BCUT2D eigenvalue weighted by atomic mass is 10.4. The van der Waals surface area contributed by atoms with Crippen LogP contribution in [0.3, 0.4) is 0 Å². The molecular weight excluding hydrogens is 214 g/mol. The maximum atomic E-state index is 10.4. The van der Waals surface area contributed by atoms with Crippen LogP contribution < -0.4 is 5.73 Å². The van der Waals surface area contributed by atoms with E-state index in [9.17, 15) is 10.1 Å². The summed E-state index contributed by atoms with van der Waals surface area (Å²) in [6.45, 7) is 1.72. The molecule has 0 spiro atoms. The van der Waals surface area contributed by atoms with Crippen LogP contribution in [-0.4, -0.2) is 9.91 Å². The van der Waals surface area contributed by atoms with Crippen molar-refractivity contribution >= 4 is 5.88 Å². The highest BCUT2D eigenvalue weighted by molar-refractivity contribution is 5.50. The van der Waals surface area contributed by atoms with E-state index in [4.69, 9.17) is 14.6 Å². The van der Waals surface area contributed by atoms with Crippen LogP contribution >= 0.6 is 0 Å². The van der Waals surface area contributed by atoms with Gasteiger partial charge >= 0.3 is 5.88 Å². The minimum atomic E-state index is -0.619. The third kappa shape index (κ3) is 1.80. The van der Waals surface area contributed by atoms with Crippen molar-refractivity contribution in [1.82, 2.24) is 4.98 Å². The third-order valence-electron chi connectivity index (χ3n) is 1.93. The summed E-state index contributed by atoms with van der Waals surface area (Å²) >= 11 is 0. The fourth-order valence-corrected chi connectivity index (χ4v) is 1.17. The minimum absolute atomic E-state index is 0.256. The fraction of sp³-hybridized carbons (Fsp3) is 0.222. The monoisotopic (exact) mass is 223 g/mol. The van der Waals surface area contributed by atoms with Crippen molar-refractivity contribution in [3.05, 3.63) is 34.3 Å². The van der Waals surface area contributed by atoms with Crippen molar-refractivity contribution in [1.29, 1.82) is 0 Å². The summed E-state index contributed by atoms with van der Waals surface area (Å²) in [7, 11) is 0. The van der Waals surface area contributed by atoms with Gasteiger partial charge in [0.25, 0.3) is 0 Å². The molecule has 1 unspecified atom stereocenters. The van der Waals surface area contributed by atoms with Gasteiger partial charge in [-0.3, -0.25) is 10.1 Å². The normalized spacial score (nSPS) is 12.6. The van der Waals surface area contributed by atoms with Crippen LogP contribution in [0.1, 0.15) is 18.9 Å². The van der Waals surface area contributed by atoms with Crippen LogP contribution in [-0.2, 0) is 0 Å². The number of rotatable bonds is 3. The SMILES string of the molecule is CC(N)c1ncc(-c2ccc([N+](=O)[O-])o2)o1. The van der Waals surface area contributed by atoms with Crippen LogP contribution in [0.4, 0.5) is 5.88 Å². The second-order valence-electron chi connectivity index (χ2n) is 3.25. The Morgan fingerprint density at radius 2 is 2.19 bits per heavy atom. The van der Waals surface area contributed by atoms with Crippen LogP contribution in [0.2, 0.25) is 0 Å². The molecule has 0 amide bonds. The van der Waals surface area contributed by atoms with E-state index in [0.717, 1.165) is 0 Å². The lowest BCUT2D eigenvalue weighted by Gasteiger charge is -1.95. The van der Waals surface area contributed by atoms with E-state index in [1.807, 2.05) is 0 Å². The first-order valence-electron chi connectivity index (χ1n) is 4.54. The first kappa shape index (κ1) is 10.4. The number of nitrogens with zero attached hydrogens (tertiary/aromatic N) is 2. The first-order chi connectivity index (χ1) is 7.58. The molecule has 0 aliphatic rings. The van der Waals surface area contributed by atoms with E-state index < -0.39 is 4.92 Å². The molecule has 0 fully saturated rings. The average Bonchev–Trinajstić information content (AvgIpc) is 2.86. The van der Waals surface area contributed by atoms with Gasteiger partial charge in [-0.15, -0.1) is 0 Å². The summed E-state index contributed by atoms with van der Waals surface area (Å²) in [5.74, 6) is 0.592. The van der Waals surface area contributed by atoms with Gasteiger partial charge in [-0.25, -0.2) is 4.98 Å². The number of furan rings is 1. The molecule has 2 heterocycles. The van der Waals surface area contributed by atoms with Gasteiger partial charge < -0.3 is 14.6 Å². The summed E-state index contributed by atoms with van der Waals surface area (Å²) in [6, 6.07) is 2.37. The van der Waals surface area contributed by atoms with Crippen LogP contribution in [0, 0.1) is 10.1 Å². The molecule has 0 aliphatic carbocycles. The molecular formula is C9H9N3O4. The van der Waals surface area contributed by atoms with Gasteiger partial charge in [-0.05, 0) is 13.0 Å². The Morgan fingerprint density at radius 1 is 1.44 bits per heavy atom. The molecule has 0 aliphatic heterocycles. The lowest BCUT2D eigenvalue weighted by Crippen LogP contribution is -2.04. The molecule has 0 radical (unpaired) electrons. The molecule has 7 nitrogen and oxygen atoms in total. The van der Waals surface area contributed by atoms with Crippen molar-refractivity contribution < 1.29 is 13.8 Å². The Bertz CT molecular complexity index is 514. The van der Waals surface area contributed by atoms with Crippen molar-refractivity contribution in [2.75, 3.05) is 0 Å². The molecule has 2 aromatic heterocycles. The van der Waals surface area contributed by atoms with Gasteiger partial charge in [0.2, 0.25) is 5.89 Å². The van der Waals surface area contributed by atoms with Crippen LogP contribution in [0.15, 0.2) is 27.2 Å². The molecule has 0 aromatic carbocycles. The number of nitro groups is 1. The second kappa shape index (κ2) is 3.78. The quantitative estimate of drug-likeness (QED) is 0.628. The molecule has 2 N–H and O–H groups in total. The molecule has 16 heavy (non-hydrogen) atoms. The zero-order chi connectivity index (χ0) is 11.7. The van der Waals surface area contributed by atoms with E-state index in [1.165, 1.54) is 18.3 Å². The molecule has 2 aromatic rings. The van der Waals surface area contributed by atoms with Gasteiger partial charge in [0.15, 0.2) is 11.5 Å². The summed E-state index contributed by atoms with van der Waals surface area (Å²) in [5.41, 5.74) is 5.56. The van der Waals surface area contributed by atoms with Gasteiger partial charge in [-0.2, -0.15) is 0 Å². The molecule has 84 valence electrons.